The van der Waals surface area contributed by atoms with Gasteiger partial charge in [-0.25, -0.2) is 17.9 Å². The van der Waals surface area contributed by atoms with E-state index < -0.39 is 21.9 Å². The fourth-order valence-electron chi connectivity index (χ4n) is 2.69. The zero-order valence-corrected chi connectivity index (χ0v) is 17.1. The molecule has 0 unspecified atom stereocenters. The van der Waals surface area contributed by atoms with Crippen LogP contribution in [0.5, 0.6) is 0 Å². The van der Waals surface area contributed by atoms with Gasteiger partial charge in [0.05, 0.1) is 29.7 Å². The molecule has 2 heterocycles. The number of halogens is 1. The Kier molecular flexibility index (Phi) is 5.92. The maximum atomic E-state index is 12.3. The first kappa shape index (κ1) is 20.8. The molecule has 10 heteroatoms. The molecule has 0 saturated heterocycles. The molecule has 152 valence electrons. The van der Waals surface area contributed by atoms with Crippen LogP contribution in [0.1, 0.15) is 18.4 Å². The summed E-state index contributed by atoms with van der Waals surface area (Å²) in [5.41, 5.74) is 0.617. The van der Waals surface area contributed by atoms with Crippen molar-refractivity contribution in [3.05, 3.63) is 69.8 Å². The third-order valence-electron chi connectivity index (χ3n) is 4.11. The molecule has 1 aliphatic heterocycles. The monoisotopic (exact) mass is 436 g/mol. The summed E-state index contributed by atoms with van der Waals surface area (Å²) in [6, 6.07) is 8.88. The summed E-state index contributed by atoms with van der Waals surface area (Å²) in [6.07, 6.45) is 1.40. The highest BCUT2D eigenvalue weighted by molar-refractivity contribution is 7.89. The average Bonchev–Trinajstić information content (AvgIpc) is 3.24. The van der Waals surface area contributed by atoms with E-state index in [1.165, 1.54) is 37.5 Å². The lowest BCUT2D eigenvalue weighted by Gasteiger charge is -2.05. The van der Waals surface area contributed by atoms with Crippen LogP contribution in [0.2, 0.25) is 5.02 Å². The molecule has 0 fully saturated rings. The first-order chi connectivity index (χ1) is 13.7. The van der Waals surface area contributed by atoms with Crippen LogP contribution in [0.3, 0.4) is 0 Å². The van der Waals surface area contributed by atoms with Gasteiger partial charge in [0, 0.05) is 10.7 Å². The fourth-order valence-corrected chi connectivity index (χ4v) is 3.81. The second kappa shape index (κ2) is 8.24. The second-order valence-corrected chi connectivity index (χ2v) is 8.29. The number of hydrogen-bond acceptors (Lipinski definition) is 6. The topological polar surface area (TPSA) is 115 Å². The number of benzene rings is 1. The summed E-state index contributed by atoms with van der Waals surface area (Å²) >= 11 is 5.77. The van der Waals surface area contributed by atoms with Gasteiger partial charge < -0.3 is 14.5 Å². The maximum Gasteiger partial charge on any atom is 0.340 e. The SMILES string of the molecule is COC(=O)C1=C(C)NC(=O)/C1=C/c1ccc(CNS(=O)(=O)c2ccc(Cl)cc2)o1. The van der Waals surface area contributed by atoms with Gasteiger partial charge in [0.25, 0.3) is 5.91 Å². The van der Waals surface area contributed by atoms with Gasteiger partial charge in [-0.15, -0.1) is 0 Å². The minimum absolute atomic E-state index is 0.0711. The number of carbonyl (C=O) groups is 2. The second-order valence-electron chi connectivity index (χ2n) is 6.09. The van der Waals surface area contributed by atoms with E-state index in [9.17, 15) is 18.0 Å². The van der Waals surface area contributed by atoms with Crippen molar-refractivity contribution in [3.8, 4) is 0 Å². The molecule has 0 spiro atoms. The van der Waals surface area contributed by atoms with Crippen molar-refractivity contribution < 1.29 is 27.2 Å². The van der Waals surface area contributed by atoms with E-state index in [4.69, 9.17) is 20.8 Å². The number of ether oxygens (including phenoxy) is 1. The van der Waals surface area contributed by atoms with E-state index in [0.29, 0.717) is 16.5 Å². The molecule has 2 N–H and O–H groups in total. The first-order valence-corrected chi connectivity index (χ1v) is 10.2. The summed E-state index contributed by atoms with van der Waals surface area (Å²) in [5, 5.41) is 2.99. The summed E-state index contributed by atoms with van der Waals surface area (Å²) in [4.78, 5) is 24.1. The fraction of sp³-hybridized carbons (Fsp3) is 0.158. The van der Waals surface area contributed by atoms with Crippen molar-refractivity contribution in [2.45, 2.75) is 18.4 Å². The predicted octanol–water partition coefficient (Wildman–Crippen LogP) is 2.37. The maximum absolute atomic E-state index is 12.3. The Labute approximate surface area is 172 Å². The summed E-state index contributed by atoms with van der Waals surface area (Å²) in [6.45, 7) is 1.49. The Morgan fingerprint density at radius 2 is 1.93 bits per heavy atom. The molecule has 0 bridgehead atoms. The van der Waals surface area contributed by atoms with E-state index in [2.05, 4.69) is 10.0 Å². The Morgan fingerprint density at radius 1 is 1.24 bits per heavy atom. The Morgan fingerprint density at radius 3 is 2.59 bits per heavy atom. The highest BCUT2D eigenvalue weighted by Gasteiger charge is 2.31. The van der Waals surface area contributed by atoms with Gasteiger partial charge in [-0.2, -0.15) is 0 Å². The molecule has 0 saturated carbocycles. The molecular weight excluding hydrogens is 420 g/mol. The summed E-state index contributed by atoms with van der Waals surface area (Å²) in [7, 11) is -2.52. The van der Waals surface area contributed by atoms with E-state index in [-0.39, 0.29) is 28.3 Å². The van der Waals surface area contributed by atoms with Crippen LogP contribution in [0.4, 0.5) is 0 Å². The first-order valence-electron chi connectivity index (χ1n) is 8.38. The minimum Gasteiger partial charge on any atom is -0.465 e. The highest BCUT2D eigenvalue weighted by atomic mass is 35.5. The van der Waals surface area contributed by atoms with Gasteiger partial charge in [-0.05, 0) is 49.4 Å². The predicted molar refractivity (Wildman–Crippen MR) is 105 cm³/mol. The van der Waals surface area contributed by atoms with Gasteiger partial charge >= 0.3 is 5.97 Å². The molecule has 0 radical (unpaired) electrons. The number of sulfonamides is 1. The van der Waals surface area contributed by atoms with Crippen LogP contribution in [0.15, 0.2) is 62.6 Å². The molecule has 8 nitrogen and oxygen atoms in total. The Hall–Kier alpha value is -2.88. The van der Waals surface area contributed by atoms with Crippen LogP contribution in [0, 0.1) is 0 Å². The van der Waals surface area contributed by atoms with E-state index >= 15 is 0 Å². The van der Waals surface area contributed by atoms with E-state index in [1.807, 2.05) is 0 Å². The number of furan rings is 1. The van der Waals surface area contributed by atoms with Crippen LogP contribution < -0.4 is 10.0 Å². The Balaban J connectivity index is 1.76. The normalized spacial score (nSPS) is 15.7. The van der Waals surface area contributed by atoms with Crippen LogP contribution in [-0.4, -0.2) is 27.4 Å². The zero-order chi connectivity index (χ0) is 21.2. The molecule has 2 aromatic rings. The number of esters is 1. The largest absolute Gasteiger partial charge is 0.465 e. The summed E-state index contributed by atoms with van der Waals surface area (Å²) < 4.78 is 37.3. The van der Waals surface area contributed by atoms with Crippen molar-refractivity contribution in [1.29, 1.82) is 0 Å². The number of amides is 1. The quantitative estimate of drug-likeness (QED) is 0.530. The third kappa shape index (κ3) is 4.58. The minimum atomic E-state index is -3.74. The third-order valence-corrected chi connectivity index (χ3v) is 5.78. The van der Waals surface area contributed by atoms with Gasteiger partial charge in [0.15, 0.2) is 0 Å². The van der Waals surface area contributed by atoms with Gasteiger partial charge in [-0.3, -0.25) is 4.79 Å². The van der Waals surface area contributed by atoms with Gasteiger partial charge in [0.1, 0.15) is 11.5 Å². The lowest BCUT2D eigenvalue weighted by Crippen LogP contribution is -2.22. The highest BCUT2D eigenvalue weighted by Crippen LogP contribution is 2.25. The lowest BCUT2D eigenvalue weighted by atomic mass is 10.1. The lowest BCUT2D eigenvalue weighted by molar-refractivity contribution is -0.136. The standard InChI is InChI=1S/C19H17ClN2O6S/c1-11-17(19(24)27-2)16(18(23)22-11)9-13-5-6-14(28-13)10-21-29(25,26)15-7-3-12(20)4-8-15/h3-9,21H,10H2,1-2H3,(H,22,23)/b16-9+. The number of allylic oxidation sites excluding steroid dienone is 1. The number of methoxy groups -OCH3 is 1. The van der Waals surface area contributed by atoms with E-state index in [0.717, 1.165) is 0 Å². The molecule has 1 aliphatic rings. The van der Waals surface area contributed by atoms with Crippen LogP contribution >= 0.6 is 11.6 Å². The van der Waals surface area contributed by atoms with E-state index in [1.54, 1.807) is 19.1 Å². The number of hydrogen-bond donors (Lipinski definition) is 2. The number of carbonyl (C=O) groups excluding carboxylic acids is 2. The molecule has 29 heavy (non-hydrogen) atoms. The molecule has 1 amide bonds. The van der Waals surface area contributed by atoms with Crippen molar-refractivity contribution in [2.75, 3.05) is 7.11 Å². The smallest absolute Gasteiger partial charge is 0.340 e. The average molecular weight is 437 g/mol. The summed E-state index contributed by atoms with van der Waals surface area (Å²) in [5.74, 6) is -0.487. The molecular formula is C19H17ClN2O6S. The van der Waals surface area contributed by atoms with Gasteiger partial charge in [-0.1, -0.05) is 11.6 Å². The number of nitrogens with one attached hydrogen (secondary N) is 2. The molecule has 0 atom stereocenters. The molecule has 0 aliphatic carbocycles. The molecule has 1 aromatic carbocycles. The molecule has 1 aromatic heterocycles. The van der Waals surface area contributed by atoms with Crippen molar-refractivity contribution in [3.63, 3.8) is 0 Å². The van der Waals surface area contributed by atoms with Crippen LogP contribution in [0.25, 0.3) is 6.08 Å². The van der Waals surface area contributed by atoms with Crippen LogP contribution in [-0.2, 0) is 30.9 Å². The zero-order valence-electron chi connectivity index (χ0n) is 15.5. The molecule has 3 rings (SSSR count). The number of rotatable bonds is 6. The van der Waals surface area contributed by atoms with Gasteiger partial charge in [0.2, 0.25) is 10.0 Å². The van der Waals surface area contributed by atoms with Crippen molar-refractivity contribution in [1.82, 2.24) is 10.0 Å². The van der Waals surface area contributed by atoms with Crippen molar-refractivity contribution in [2.24, 2.45) is 0 Å². The van der Waals surface area contributed by atoms with Crippen molar-refractivity contribution >= 4 is 39.6 Å². The Bertz CT molecular complexity index is 1130.